The Bertz CT molecular complexity index is 1080. The van der Waals surface area contributed by atoms with Crippen molar-refractivity contribution in [2.75, 3.05) is 50.3 Å². The largest absolute Gasteiger partial charge is 0.489 e. The van der Waals surface area contributed by atoms with Crippen LogP contribution in [0.1, 0.15) is 12.0 Å². The van der Waals surface area contributed by atoms with Crippen molar-refractivity contribution in [2.45, 2.75) is 12.6 Å². The molecule has 2 aromatic rings. The SMILES string of the molecule is COCCOc1ccc(C(F)(F)F)cc1NC(=O)[C@@H]1CC(=O)N(c2ccc3c(c2)OCCO3)C1. The molecule has 1 atom stereocenters. The van der Waals surface area contributed by atoms with Gasteiger partial charge < -0.3 is 29.2 Å². The van der Waals surface area contributed by atoms with Crippen molar-refractivity contribution in [1.82, 2.24) is 0 Å². The van der Waals surface area contributed by atoms with Crippen molar-refractivity contribution in [2.24, 2.45) is 5.92 Å². The molecule has 0 saturated carbocycles. The molecule has 2 aliphatic heterocycles. The fraction of sp³-hybridized carbons (Fsp3) is 0.391. The van der Waals surface area contributed by atoms with E-state index in [2.05, 4.69) is 5.32 Å². The highest BCUT2D eigenvalue weighted by Crippen LogP contribution is 2.37. The second kappa shape index (κ2) is 9.80. The van der Waals surface area contributed by atoms with Gasteiger partial charge >= 0.3 is 6.18 Å². The first-order valence-corrected chi connectivity index (χ1v) is 10.6. The predicted molar refractivity (Wildman–Crippen MR) is 115 cm³/mol. The van der Waals surface area contributed by atoms with E-state index in [4.69, 9.17) is 18.9 Å². The number of alkyl halides is 3. The lowest BCUT2D eigenvalue weighted by atomic mass is 10.1. The summed E-state index contributed by atoms with van der Waals surface area (Å²) in [5, 5.41) is 2.51. The lowest BCUT2D eigenvalue weighted by Crippen LogP contribution is -2.28. The van der Waals surface area contributed by atoms with Crippen LogP contribution in [-0.4, -0.2) is 51.9 Å². The molecule has 2 heterocycles. The van der Waals surface area contributed by atoms with Gasteiger partial charge in [0, 0.05) is 31.8 Å². The van der Waals surface area contributed by atoms with Gasteiger partial charge in [-0.1, -0.05) is 0 Å². The summed E-state index contributed by atoms with van der Waals surface area (Å²) in [4.78, 5) is 27.0. The second-order valence-electron chi connectivity index (χ2n) is 7.77. The topological polar surface area (TPSA) is 86.3 Å². The number of amides is 2. The number of nitrogens with one attached hydrogen (secondary N) is 1. The lowest BCUT2D eigenvalue weighted by Gasteiger charge is -2.22. The van der Waals surface area contributed by atoms with E-state index in [-0.39, 0.29) is 43.5 Å². The van der Waals surface area contributed by atoms with Crippen LogP contribution in [0.15, 0.2) is 36.4 Å². The van der Waals surface area contributed by atoms with E-state index in [1.54, 1.807) is 18.2 Å². The Kier molecular flexibility index (Phi) is 6.82. The molecule has 0 unspecified atom stereocenters. The van der Waals surface area contributed by atoms with E-state index in [0.717, 1.165) is 18.2 Å². The van der Waals surface area contributed by atoms with E-state index in [0.29, 0.717) is 30.4 Å². The summed E-state index contributed by atoms with van der Waals surface area (Å²) in [7, 11) is 1.46. The molecular weight excluding hydrogens is 457 g/mol. The Balaban J connectivity index is 1.49. The average Bonchev–Trinajstić information content (AvgIpc) is 3.21. The summed E-state index contributed by atoms with van der Waals surface area (Å²) in [6.45, 7) is 1.20. The smallest absolute Gasteiger partial charge is 0.416 e. The number of carbonyl (C=O) groups excluding carboxylic acids is 2. The molecule has 4 rings (SSSR count). The third-order valence-corrected chi connectivity index (χ3v) is 5.44. The zero-order valence-electron chi connectivity index (χ0n) is 18.3. The Morgan fingerprint density at radius 2 is 1.88 bits per heavy atom. The number of carbonyl (C=O) groups is 2. The van der Waals surface area contributed by atoms with Crippen LogP contribution in [0.5, 0.6) is 17.2 Å². The molecule has 182 valence electrons. The Morgan fingerprint density at radius 1 is 1.12 bits per heavy atom. The van der Waals surface area contributed by atoms with Crippen molar-refractivity contribution in [3.63, 3.8) is 0 Å². The van der Waals surface area contributed by atoms with Gasteiger partial charge in [-0.3, -0.25) is 9.59 Å². The maximum Gasteiger partial charge on any atom is 0.416 e. The number of fused-ring (bicyclic) bond motifs is 1. The van der Waals surface area contributed by atoms with Gasteiger partial charge in [-0.15, -0.1) is 0 Å². The minimum atomic E-state index is -4.59. The molecule has 0 aromatic heterocycles. The first-order valence-electron chi connectivity index (χ1n) is 10.6. The monoisotopic (exact) mass is 480 g/mol. The standard InChI is InChI=1S/C23H23F3N2O6/c1-31-6-7-32-18-4-2-15(23(24,25)26)11-17(18)27-22(30)14-10-21(29)28(13-14)16-3-5-19-20(12-16)34-9-8-33-19/h2-5,11-12,14H,6-10,13H2,1H3,(H,27,30)/t14-/m1/s1. The zero-order chi connectivity index (χ0) is 24.3. The first-order chi connectivity index (χ1) is 16.3. The van der Waals surface area contributed by atoms with Crippen molar-refractivity contribution in [1.29, 1.82) is 0 Å². The quantitative estimate of drug-likeness (QED) is 0.611. The van der Waals surface area contributed by atoms with Crippen LogP contribution in [0, 0.1) is 5.92 Å². The van der Waals surface area contributed by atoms with E-state index in [9.17, 15) is 22.8 Å². The van der Waals surface area contributed by atoms with Crippen LogP contribution in [0.3, 0.4) is 0 Å². The van der Waals surface area contributed by atoms with Crippen LogP contribution in [0.25, 0.3) is 0 Å². The van der Waals surface area contributed by atoms with Gasteiger partial charge in [0.25, 0.3) is 0 Å². The molecule has 1 N–H and O–H groups in total. The maximum atomic E-state index is 13.2. The Labute approximate surface area is 193 Å². The zero-order valence-corrected chi connectivity index (χ0v) is 18.3. The van der Waals surface area contributed by atoms with Crippen LogP contribution >= 0.6 is 0 Å². The van der Waals surface area contributed by atoms with Crippen molar-refractivity contribution >= 4 is 23.2 Å². The molecule has 11 heteroatoms. The number of halogens is 3. The average molecular weight is 480 g/mol. The van der Waals surface area contributed by atoms with Gasteiger partial charge in [-0.2, -0.15) is 13.2 Å². The highest BCUT2D eigenvalue weighted by atomic mass is 19.4. The van der Waals surface area contributed by atoms with Crippen molar-refractivity contribution in [3.05, 3.63) is 42.0 Å². The molecule has 0 bridgehead atoms. The third kappa shape index (κ3) is 5.19. The first kappa shape index (κ1) is 23.7. The number of hydrogen-bond acceptors (Lipinski definition) is 6. The number of hydrogen-bond donors (Lipinski definition) is 1. The lowest BCUT2D eigenvalue weighted by molar-refractivity contribution is -0.137. The summed E-state index contributed by atoms with van der Waals surface area (Å²) in [6.07, 6.45) is -4.68. The van der Waals surface area contributed by atoms with E-state index >= 15 is 0 Å². The highest BCUT2D eigenvalue weighted by molar-refractivity contribution is 6.04. The van der Waals surface area contributed by atoms with Gasteiger partial charge in [0.1, 0.15) is 25.6 Å². The van der Waals surface area contributed by atoms with Crippen LogP contribution in [0.4, 0.5) is 24.5 Å². The summed E-state index contributed by atoms with van der Waals surface area (Å²) < 4.78 is 61.0. The number of methoxy groups -OCH3 is 1. The summed E-state index contributed by atoms with van der Waals surface area (Å²) in [5.74, 6) is -0.469. The molecule has 34 heavy (non-hydrogen) atoms. The maximum absolute atomic E-state index is 13.2. The minimum Gasteiger partial charge on any atom is -0.489 e. The fourth-order valence-corrected chi connectivity index (χ4v) is 3.73. The van der Waals surface area contributed by atoms with Gasteiger partial charge in [-0.05, 0) is 30.3 Å². The predicted octanol–water partition coefficient (Wildman–Crippen LogP) is 3.49. The number of ether oxygens (including phenoxy) is 4. The number of anilines is 2. The van der Waals surface area contributed by atoms with Crippen molar-refractivity contribution in [3.8, 4) is 17.2 Å². The Morgan fingerprint density at radius 3 is 2.62 bits per heavy atom. The molecule has 2 aromatic carbocycles. The summed E-state index contributed by atoms with van der Waals surface area (Å²) in [6, 6.07) is 7.89. The Hall–Kier alpha value is -3.47. The molecule has 2 amide bonds. The van der Waals surface area contributed by atoms with Crippen LogP contribution < -0.4 is 24.4 Å². The van der Waals surface area contributed by atoms with Crippen LogP contribution in [0.2, 0.25) is 0 Å². The van der Waals surface area contributed by atoms with E-state index < -0.39 is 23.6 Å². The summed E-state index contributed by atoms with van der Waals surface area (Å²) in [5.41, 5.74) is -0.504. The second-order valence-corrected chi connectivity index (χ2v) is 7.77. The molecule has 1 fully saturated rings. The van der Waals surface area contributed by atoms with Crippen LogP contribution in [-0.2, 0) is 20.5 Å². The van der Waals surface area contributed by atoms with Gasteiger partial charge in [0.2, 0.25) is 11.8 Å². The normalized spacial score (nSPS) is 17.6. The van der Waals surface area contributed by atoms with E-state index in [1.165, 1.54) is 12.0 Å². The molecule has 1 saturated heterocycles. The number of rotatable bonds is 7. The molecular formula is C23H23F3N2O6. The van der Waals surface area contributed by atoms with E-state index in [1.807, 2.05) is 0 Å². The molecule has 8 nitrogen and oxygen atoms in total. The number of benzene rings is 2. The minimum absolute atomic E-state index is 0.0726. The van der Waals surface area contributed by atoms with Gasteiger partial charge in [0.05, 0.1) is 23.8 Å². The van der Waals surface area contributed by atoms with Crippen molar-refractivity contribution < 1.29 is 41.7 Å². The molecule has 2 aliphatic rings. The molecule has 0 radical (unpaired) electrons. The highest BCUT2D eigenvalue weighted by Gasteiger charge is 2.37. The van der Waals surface area contributed by atoms with Gasteiger partial charge in [-0.25, -0.2) is 0 Å². The third-order valence-electron chi connectivity index (χ3n) is 5.44. The fourth-order valence-electron chi connectivity index (χ4n) is 3.73. The number of nitrogens with zero attached hydrogens (tertiary/aromatic N) is 1. The molecule has 0 spiro atoms. The van der Waals surface area contributed by atoms with Gasteiger partial charge in [0.15, 0.2) is 11.5 Å². The molecule has 0 aliphatic carbocycles. The summed E-state index contributed by atoms with van der Waals surface area (Å²) >= 11 is 0.